The van der Waals surface area contributed by atoms with E-state index >= 15 is 0 Å². The maximum Gasteiger partial charge on any atom is 0.307 e. The zero-order valence-corrected chi connectivity index (χ0v) is 17.5. The Labute approximate surface area is 172 Å². The molecule has 2 unspecified atom stereocenters. The van der Waals surface area contributed by atoms with Gasteiger partial charge in [0, 0.05) is 12.1 Å². The number of aliphatic carboxylic acids is 1. The molecule has 0 amide bonds. The highest BCUT2D eigenvalue weighted by Crippen LogP contribution is 2.45. The predicted octanol–water partition coefficient (Wildman–Crippen LogP) is 3.91. The van der Waals surface area contributed by atoms with Crippen molar-refractivity contribution in [1.29, 1.82) is 0 Å². The fourth-order valence-corrected chi connectivity index (χ4v) is 4.12. The van der Waals surface area contributed by atoms with Crippen LogP contribution in [0.3, 0.4) is 0 Å². The lowest BCUT2D eigenvalue weighted by Crippen LogP contribution is -2.41. The van der Waals surface area contributed by atoms with Gasteiger partial charge >= 0.3 is 5.97 Å². The van der Waals surface area contributed by atoms with Gasteiger partial charge in [-0.25, -0.2) is 0 Å². The second-order valence-corrected chi connectivity index (χ2v) is 7.41. The second-order valence-electron chi connectivity index (χ2n) is 7.41. The highest BCUT2D eigenvalue weighted by Gasteiger charge is 2.33. The number of carboxylic acids is 1. The van der Waals surface area contributed by atoms with E-state index in [1.54, 1.807) is 21.3 Å². The lowest BCUT2D eigenvalue weighted by Gasteiger charge is -2.38. The van der Waals surface area contributed by atoms with Gasteiger partial charge in [-0.3, -0.25) is 9.69 Å². The third-order valence-corrected chi connectivity index (χ3v) is 5.59. The third kappa shape index (κ3) is 4.32. The summed E-state index contributed by atoms with van der Waals surface area (Å²) in [6.45, 7) is 3.36. The van der Waals surface area contributed by atoms with Gasteiger partial charge in [-0.05, 0) is 44.0 Å². The van der Waals surface area contributed by atoms with Gasteiger partial charge in [-0.15, -0.1) is 0 Å². The van der Waals surface area contributed by atoms with Crippen molar-refractivity contribution in [3.63, 3.8) is 0 Å². The Morgan fingerprint density at radius 3 is 2.31 bits per heavy atom. The first-order valence-corrected chi connectivity index (χ1v) is 9.82. The molecular formula is C23H29NO5. The van der Waals surface area contributed by atoms with Crippen LogP contribution in [0.2, 0.25) is 0 Å². The van der Waals surface area contributed by atoms with E-state index in [-0.39, 0.29) is 12.0 Å². The molecule has 0 radical (unpaired) electrons. The maximum atomic E-state index is 11.7. The summed E-state index contributed by atoms with van der Waals surface area (Å²) in [5.74, 6) is 0.628. The molecule has 1 fully saturated rings. The monoisotopic (exact) mass is 399 g/mol. The van der Waals surface area contributed by atoms with E-state index < -0.39 is 5.97 Å². The Morgan fingerprint density at radius 2 is 1.72 bits per heavy atom. The molecule has 156 valence electrons. The average Bonchev–Trinajstić information content (AvgIpc) is 2.74. The van der Waals surface area contributed by atoms with Gasteiger partial charge in [0.1, 0.15) is 0 Å². The summed E-state index contributed by atoms with van der Waals surface area (Å²) in [5, 5.41) is 9.58. The van der Waals surface area contributed by atoms with Crippen molar-refractivity contribution in [3.05, 3.63) is 53.1 Å². The summed E-state index contributed by atoms with van der Waals surface area (Å²) in [6.07, 6.45) is 1.55. The number of rotatable bonds is 7. The van der Waals surface area contributed by atoms with Crippen molar-refractivity contribution in [2.24, 2.45) is 5.92 Å². The Hall–Kier alpha value is -2.73. The molecule has 3 rings (SSSR count). The Bertz CT molecular complexity index is 849. The van der Waals surface area contributed by atoms with Crippen molar-refractivity contribution < 1.29 is 24.1 Å². The Balaban J connectivity index is 2.13. The Kier molecular flexibility index (Phi) is 6.64. The van der Waals surface area contributed by atoms with Gasteiger partial charge in [0.05, 0.1) is 33.3 Å². The van der Waals surface area contributed by atoms with Crippen molar-refractivity contribution >= 4 is 5.97 Å². The summed E-state index contributed by atoms with van der Waals surface area (Å²) in [4.78, 5) is 13.9. The lowest BCUT2D eigenvalue weighted by molar-refractivity contribution is -0.143. The van der Waals surface area contributed by atoms with Crippen LogP contribution in [0.25, 0.3) is 0 Å². The molecule has 6 heteroatoms. The molecule has 0 spiro atoms. The van der Waals surface area contributed by atoms with Gasteiger partial charge < -0.3 is 19.3 Å². The largest absolute Gasteiger partial charge is 0.493 e. The molecule has 1 heterocycles. The van der Waals surface area contributed by atoms with Crippen LogP contribution in [0.4, 0.5) is 0 Å². The summed E-state index contributed by atoms with van der Waals surface area (Å²) in [6, 6.07) is 12.1. The first-order valence-electron chi connectivity index (χ1n) is 9.82. The molecule has 0 aliphatic carbocycles. The van der Waals surface area contributed by atoms with Gasteiger partial charge in [-0.1, -0.05) is 29.8 Å². The molecule has 0 saturated carbocycles. The second kappa shape index (κ2) is 9.18. The minimum absolute atomic E-state index is 0.146. The minimum atomic E-state index is -0.739. The number of ether oxygens (including phenoxy) is 3. The smallest absolute Gasteiger partial charge is 0.307 e. The van der Waals surface area contributed by atoms with Gasteiger partial charge in [0.15, 0.2) is 11.5 Å². The highest BCUT2D eigenvalue weighted by molar-refractivity contribution is 5.70. The van der Waals surface area contributed by atoms with E-state index in [1.807, 2.05) is 12.1 Å². The number of piperidine rings is 1. The number of methoxy groups -OCH3 is 3. The summed E-state index contributed by atoms with van der Waals surface area (Å²) in [5.41, 5.74) is 3.20. The molecule has 2 aromatic rings. The molecule has 1 saturated heterocycles. The van der Waals surface area contributed by atoms with Crippen LogP contribution in [0.5, 0.6) is 17.2 Å². The van der Waals surface area contributed by atoms with E-state index in [0.29, 0.717) is 30.2 Å². The molecular weight excluding hydrogens is 370 g/mol. The van der Waals surface area contributed by atoms with Crippen LogP contribution in [0, 0.1) is 12.8 Å². The van der Waals surface area contributed by atoms with Crippen LogP contribution >= 0.6 is 0 Å². The van der Waals surface area contributed by atoms with Crippen LogP contribution in [0.15, 0.2) is 36.4 Å². The molecule has 0 aromatic heterocycles. The number of hydrogen-bond acceptors (Lipinski definition) is 5. The quantitative estimate of drug-likeness (QED) is 0.761. The maximum absolute atomic E-state index is 11.7. The molecule has 29 heavy (non-hydrogen) atoms. The first kappa shape index (κ1) is 21.0. The predicted molar refractivity (Wildman–Crippen MR) is 111 cm³/mol. The molecule has 6 nitrogen and oxygen atoms in total. The summed E-state index contributed by atoms with van der Waals surface area (Å²) < 4.78 is 16.8. The molecule has 1 N–H and O–H groups in total. The number of carboxylic acid groups (broad SMARTS) is 1. The van der Waals surface area contributed by atoms with Crippen LogP contribution in [-0.4, -0.2) is 50.4 Å². The summed E-state index contributed by atoms with van der Waals surface area (Å²) >= 11 is 0. The van der Waals surface area contributed by atoms with E-state index in [2.05, 4.69) is 36.1 Å². The molecule has 1 aliphatic heterocycles. The standard InChI is InChI=1S/C23H29NO5/c1-15-7-9-16(10-8-15)20(24-13-5-6-17(14-24)23(25)26)18-11-12-19(27-2)22(29-4)21(18)28-3/h7-12,17,20H,5-6,13-14H2,1-4H3,(H,25,26). The normalized spacial score (nSPS) is 18.1. The van der Waals surface area contributed by atoms with Gasteiger partial charge in [-0.2, -0.15) is 0 Å². The zero-order valence-electron chi connectivity index (χ0n) is 17.5. The van der Waals surface area contributed by atoms with Gasteiger partial charge in [0.25, 0.3) is 0 Å². The first-order chi connectivity index (χ1) is 14.0. The molecule has 2 aromatic carbocycles. The molecule has 1 aliphatic rings. The number of aryl methyl sites for hydroxylation is 1. The topological polar surface area (TPSA) is 68.2 Å². The third-order valence-electron chi connectivity index (χ3n) is 5.59. The van der Waals surface area contributed by atoms with Crippen LogP contribution < -0.4 is 14.2 Å². The Morgan fingerprint density at radius 1 is 1.03 bits per heavy atom. The van der Waals surface area contributed by atoms with E-state index in [0.717, 1.165) is 24.1 Å². The fourth-order valence-electron chi connectivity index (χ4n) is 4.12. The molecule has 2 atom stereocenters. The van der Waals surface area contributed by atoms with E-state index in [1.165, 1.54) is 5.56 Å². The van der Waals surface area contributed by atoms with E-state index in [9.17, 15) is 9.90 Å². The average molecular weight is 399 g/mol. The molecule has 0 bridgehead atoms. The number of likely N-dealkylation sites (tertiary alicyclic amines) is 1. The number of hydrogen-bond donors (Lipinski definition) is 1. The number of nitrogens with zero attached hydrogens (tertiary/aromatic N) is 1. The van der Waals surface area contributed by atoms with Crippen molar-refractivity contribution in [2.75, 3.05) is 34.4 Å². The number of benzene rings is 2. The zero-order chi connectivity index (χ0) is 21.0. The van der Waals surface area contributed by atoms with Crippen LogP contribution in [-0.2, 0) is 4.79 Å². The van der Waals surface area contributed by atoms with Crippen molar-refractivity contribution in [3.8, 4) is 17.2 Å². The lowest BCUT2D eigenvalue weighted by atomic mass is 9.90. The van der Waals surface area contributed by atoms with Crippen molar-refractivity contribution in [2.45, 2.75) is 25.8 Å². The van der Waals surface area contributed by atoms with Crippen molar-refractivity contribution in [1.82, 2.24) is 4.90 Å². The highest BCUT2D eigenvalue weighted by atomic mass is 16.5. The minimum Gasteiger partial charge on any atom is -0.493 e. The van der Waals surface area contributed by atoms with Gasteiger partial charge in [0.2, 0.25) is 5.75 Å². The SMILES string of the molecule is COc1ccc(C(c2ccc(C)cc2)N2CCCC(C(=O)O)C2)c(OC)c1OC. The van der Waals surface area contributed by atoms with E-state index in [4.69, 9.17) is 14.2 Å². The number of carbonyl (C=O) groups is 1. The fraction of sp³-hybridized carbons (Fsp3) is 0.435. The van der Waals surface area contributed by atoms with Crippen LogP contribution in [0.1, 0.15) is 35.6 Å². The summed E-state index contributed by atoms with van der Waals surface area (Å²) in [7, 11) is 4.80.